The van der Waals surface area contributed by atoms with Crippen molar-refractivity contribution < 1.29 is 23.1 Å². The van der Waals surface area contributed by atoms with Crippen LogP contribution < -0.4 is 5.32 Å². The quantitative estimate of drug-likeness (QED) is 0.699. The van der Waals surface area contributed by atoms with Crippen molar-refractivity contribution in [2.45, 2.75) is 10.9 Å². The third kappa shape index (κ3) is 4.50. The zero-order valence-corrected chi connectivity index (χ0v) is 14.9. The molecule has 0 radical (unpaired) electrons. The molecule has 0 unspecified atom stereocenters. The first kappa shape index (κ1) is 19.0. The van der Waals surface area contributed by atoms with Gasteiger partial charge in [0.1, 0.15) is 0 Å². The zero-order valence-electron chi connectivity index (χ0n) is 12.5. The van der Waals surface area contributed by atoms with Crippen LogP contribution in [0.1, 0.15) is 10.4 Å². The molecule has 0 bridgehead atoms. The third-order valence-electron chi connectivity index (χ3n) is 2.88. The van der Waals surface area contributed by atoms with Crippen LogP contribution in [-0.4, -0.2) is 64.2 Å². The predicted octanol–water partition coefficient (Wildman–Crippen LogP) is 0.436. The first-order chi connectivity index (χ1) is 10.2. The Bertz CT molecular complexity index is 633. The number of benzene rings is 1. The summed E-state index contributed by atoms with van der Waals surface area (Å²) < 4.78 is 30.7. The van der Waals surface area contributed by atoms with Crippen molar-refractivity contribution in [3.8, 4) is 0 Å². The molecule has 1 atom stereocenters. The van der Waals surface area contributed by atoms with E-state index in [1.54, 1.807) is 0 Å². The molecule has 0 heterocycles. The molecule has 1 amide bonds. The van der Waals surface area contributed by atoms with Gasteiger partial charge in [-0.3, -0.25) is 4.79 Å². The number of aliphatic hydroxyl groups excluding tert-OH is 1. The van der Waals surface area contributed by atoms with Crippen LogP contribution in [0.5, 0.6) is 0 Å². The third-order valence-corrected chi connectivity index (χ3v) is 5.68. The van der Waals surface area contributed by atoms with E-state index in [9.17, 15) is 13.2 Å². The summed E-state index contributed by atoms with van der Waals surface area (Å²) in [6, 6.07) is 3.72. The standard InChI is InChI=1S/C13H19BrN2O5S/c1-16(2)22(19,20)12-6-9(4-5-11(12)14)13(18)15-10(7-17)8-21-3/h4-6,10,17H,7-8H2,1-3H3,(H,15,18)/t10-/m0/s1. The lowest BCUT2D eigenvalue weighted by Gasteiger charge is -2.17. The van der Waals surface area contributed by atoms with E-state index in [4.69, 9.17) is 9.84 Å². The largest absolute Gasteiger partial charge is 0.394 e. The van der Waals surface area contributed by atoms with E-state index in [-0.39, 0.29) is 23.7 Å². The Morgan fingerprint density at radius 2 is 2.09 bits per heavy atom. The summed E-state index contributed by atoms with van der Waals surface area (Å²) >= 11 is 3.18. The Morgan fingerprint density at radius 1 is 1.45 bits per heavy atom. The summed E-state index contributed by atoms with van der Waals surface area (Å²) in [4.78, 5) is 12.1. The second-order valence-electron chi connectivity index (χ2n) is 4.74. The normalized spacial score (nSPS) is 13.2. The zero-order chi connectivity index (χ0) is 16.9. The number of carbonyl (C=O) groups is 1. The fourth-order valence-corrected chi connectivity index (χ4v) is 3.49. The molecule has 1 aromatic rings. The highest BCUT2D eigenvalue weighted by Crippen LogP contribution is 2.25. The molecule has 124 valence electrons. The summed E-state index contributed by atoms with van der Waals surface area (Å²) in [7, 11) is 0.602. The molecule has 0 aliphatic heterocycles. The number of hydrogen-bond acceptors (Lipinski definition) is 5. The van der Waals surface area contributed by atoms with Crippen molar-refractivity contribution in [1.29, 1.82) is 0 Å². The van der Waals surface area contributed by atoms with Crippen LogP contribution in [0, 0.1) is 0 Å². The topological polar surface area (TPSA) is 95.9 Å². The lowest BCUT2D eigenvalue weighted by molar-refractivity contribution is 0.0839. The molecule has 9 heteroatoms. The summed E-state index contributed by atoms with van der Waals surface area (Å²) in [6.45, 7) is -0.124. The number of rotatable bonds is 7. The second-order valence-corrected chi connectivity index (χ2v) is 7.72. The van der Waals surface area contributed by atoms with Gasteiger partial charge in [0.15, 0.2) is 0 Å². The summed E-state index contributed by atoms with van der Waals surface area (Å²) in [5.41, 5.74) is 0.179. The number of hydrogen-bond donors (Lipinski definition) is 2. The summed E-state index contributed by atoms with van der Waals surface area (Å²) in [5.74, 6) is -0.487. The molecule has 0 aliphatic carbocycles. The Morgan fingerprint density at radius 3 is 2.59 bits per heavy atom. The Balaban J connectivity index is 3.10. The lowest BCUT2D eigenvalue weighted by atomic mass is 10.2. The average Bonchev–Trinajstić information content (AvgIpc) is 2.46. The first-order valence-corrected chi connectivity index (χ1v) is 8.60. The predicted molar refractivity (Wildman–Crippen MR) is 85.2 cm³/mol. The van der Waals surface area contributed by atoms with Gasteiger partial charge in [0.25, 0.3) is 5.91 Å². The number of halogens is 1. The van der Waals surface area contributed by atoms with Crippen molar-refractivity contribution in [3.63, 3.8) is 0 Å². The van der Waals surface area contributed by atoms with Crippen LogP contribution in [-0.2, 0) is 14.8 Å². The minimum atomic E-state index is -3.68. The monoisotopic (exact) mass is 394 g/mol. The number of aliphatic hydroxyl groups is 1. The lowest BCUT2D eigenvalue weighted by Crippen LogP contribution is -2.40. The van der Waals surface area contributed by atoms with Crippen LogP contribution in [0.2, 0.25) is 0 Å². The summed E-state index contributed by atoms with van der Waals surface area (Å²) in [5, 5.41) is 11.7. The van der Waals surface area contributed by atoms with Gasteiger partial charge in [-0.1, -0.05) is 0 Å². The molecular formula is C13H19BrN2O5S. The first-order valence-electron chi connectivity index (χ1n) is 6.36. The average molecular weight is 395 g/mol. The Kier molecular flexibility index (Phi) is 6.95. The maximum atomic E-state index is 12.2. The Labute approximate surface area is 138 Å². The van der Waals surface area contributed by atoms with Gasteiger partial charge in [0, 0.05) is 31.2 Å². The van der Waals surface area contributed by atoms with Gasteiger partial charge in [-0.15, -0.1) is 0 Å². The van der Waals surface area contributed by atoms with Gasteiger partial charge in [-0.05, 0) is 34.1 Å². The van der Waals surface area contributed by atoms with Crippen LogP contribution in [0.3, 0.4) is 0 Å². The van der Waals surface area contributed by atoms with Crippen molar-refractivity contribution in [1.82, 2.24) is 9.62 Å². The van der Waals surface area contributed by atoms with Crippen molar-refractivity contribution in [3.05, 3.63) is 28.2 Å². The second kappa shape index (κ2) is 8.02. The van der Waals surface area contributed by atoms with Crippen LogP contribution in [0.15, 0.2) is 27.6 Å². The maximum Gasteiger partial charge on any atom is 0.251 e. The van der Waals surface area contributed by atoms with E-state index >= 15 is 0 Å². The number of sulfonamides is 1. The van der Waals surface area contributed by atoms with E-state index < -0.39 is 22.0 Å². The number of nitrogens with one attached hydrogen (secondary N) is 1. The SMILES string of the molecule is COC[C@H](CO)NC(=O)c1ccc(Br)c(S(=O)(=O)N(C)C)c1. The minimum absolute atomic E-state index is 0.00237. The van der Waals surface area contributed by atoms with Gasteiger partial charge < -0.3 is 15.2 Å². The molecule has 1 aromatic carbocycles. The number of ether oxygens (including phenoxy) is 1. The fourth-order valence-electron chi connectivity index (χ4n) is 1.65. The number of amides is 1. The highest BCUT2D eigenvalue weighted by Gasteiger charge is 2.22. The van der Waals surface area contributed by atoms with Gasteiger partial charge in [0.2, 0.25) is 10.0 Å². The van der Waals surface area contributed by atoms with Crippen LogP contribution in [0.25, 0.3) is 0 Å². The van der Waals surface area contributed by atoms with E-state index in [1.165, 1.54) is 39.4 Å². The molecule has 0 saturated carbocycles. The van der Waals surface area contributed by atoms with Crippen molar-refractivity contribution in [2.75, 3.05) is 34.4 Å². The van der Waals surface area contributed by atoms with Crippen molar-refractivity contribution >= 4 is 31.9 Å². The van der Waals surface area contributed by atoms with Crippen LogP contribution >= 0.6 is 15.9 Å². The molecule has 7 nitrogen and oxygen atoms in total. The fraction of sp³-hybridized carbons (Fsp3) is 0.462. The molecule has 0 aromatic heterocycles. The van der Waals surface area contributed by atoms with Gasteiger partial charge in [0.05, 0.1) is 24.2 Å². The van der Waals surface area contributed by atoms with E-state index in [2.05, 4.69) is 21.2 Å². The van der Waals surface area contributed by atoms with E-state index in [0.29, 0.717) is 4.47 Å². The highest BCUT2D eigenvalue weighted by molar-refractivity contribution is 9.10. The molecule has 0 aliphatic rings. The van der Waals surface area contributed by atoms with Crippen molar-refractivity contribution in [2.24, 2.45) is 0 Å². The molecule has 0 spiro atoms. The molecule has 0 fully saturated rings. The summed E-state index contributed by atoms with van der Waals surface area (Å²) in [6.07, 6.45) is 0. The Hall–Kier alpha value is -1.000. The molecular weight excluding hydrogens is 376 g/mol. The molecule has 0 saturated heterocycles. The van der Waals surface area contributed by atoms with E-state index in [1.807, 2.05) is 0 Å². The van der Waals surface area contributed by atoms with Gasteiger partial charge in [-0.2, -0.15) is 0 Å². The highest BCUT2D eigenvalue weighted by atomic mass is 79.9. The molecule has 2 N–H and O–H groups in total. The minimum Gasteiger partial charge on any atom is -0.394 e. The number of nitrogens with zero attached hydrogens (tertiary/aromatic N) is 1. The maximum absolute atomic E-state index is 12.2. The molecule has 1 rings (SSSR count). The smallest absolute Gasteiger partial charge is 0.251 e. The van der Waals surface area contributed by atoms with E-state index in [0.717, 1.165) is 4.31 Å². The number of methoxy groups -OCH3 is 1. The van der Waals surface area contributed by atoms with Gasteiger partial charge >= 0.3 is 0 Å². The van der Waals surface area contributed by atoms with Crippen LogP contribution in [0.4, 0.5) is 0 Å². The number of carbonyl (C=O) groups excluding carboxylic acids is 1. The van der Waals surface area contributed by atoms with Gasteiger partial charge in [-0.25, -0.2) is 12.7 Å². The molecule has 22 heavy (non-hydrogen) atoms.